The molecule has 0 atom stereocenters. The molecule has 1 aliphatic heterocycles. The topological polar surface area (TPSA) is 70.4 Å². The van der Waals surface area contributed by atoms with Gasteiger partial charge in [-0.05, 0) is 92.2 Å². The highest BCUT2D eigenvalue weighted by molar-refractivity contribution is 5.85. The molecule has 7 nitrogen and oxygen atoms in total. The van der Waals surface area contributed by atoms with Crippen molar-refractivity contribution < 1.29 is 23.4 Å². The van der Waals surface area contributed by atoms with E-state index in [2.05, 4.69) is 4.90 Å². The first-order valence-corrected chi connectivity index (χ1v) is 14.3. The molecule has 1 saturated heterocycles. The predicted octanol–water partition coefficient (Wildman–Crippen LogP) is 7.92. The van der Waals surface area contributed by atoms with Crippen molar-refractivity contribution in [2.24, 2.45) is 0 Å². The molecule has 0 unspecified atom stereocenters. The van der Waals surface area contributed by atoms with Crippen LogP contribution in [0.2, 0.25) is 0 Å². The molecule has 0 saturated carbocycles. The van der Waals surface area contributed by atoms with Crippen LogP contribution in [0.1, 0.15) is 19.3 Å². The maximum absolute atomic E-state index is 13.8. The largest absolute Gasteiger partial charge is 0.497 e. The standard InChI is InChI=1S/C35H33NO6/c1-38-26-12-10-25(11-13-26)33-34(37)31-19-18-30(40-28-8-4-2-5-9-28)24-32(31)42-35(33)41-29-16-14-27(15-17-29)39-23-22-36-20-6-3-7-21-36/h2,4-5,8-19,24H,3,6-7,20-23H2,1H3. The second-order valence-corrected chi connectivity index (χ2v) is 10.2. The molecule has 0 bridgehead atoms. The van der Waals surface area contributed by atoms with E-state index < -0.39 is 0 Å². The van der Waals surface area contributed by atoms with Gasteiger partial charge in [0.05, 0.1) is 12.5 Å². The van der Waals surface area contributed by atoms with Gasteiger partial charge in [-0.15, -0.1) is 0 Å². The zero-order valence-electron chi connectivity index (χ0n) is 23.6. The highest BCUT2D eigenvalue weighted by Gasteiger charge is 2.20. The van der Waals surface area contributed by atoms with E-state index in [4.69, 9.17) is 23.4 Å². The molecule has 0 aliphatic carbocycles. The summed E-state index contributed by atoms with van der Waals surface area (Å²) in [7, 11) is 1.60. The minimum Gasteiger partial charge on any atom is -0.497 e. The Morgan fingerprint density at radius 3 is 2.12 bits per heavy atom. The van der Waals surface area contributed by atoms with Gasteiger partial charge >= 0.3 is 5.95 Å². The summed E-state index contributed by atoms with van der Waals surface area (Å²) in [5.74, 6) is 3.29. The summed E-state index contributed by atoms with van der Waals surface area (Å²) in [5.41, 5.74) is 1.13. The van der Waals surface area contributed by atoms with Crippen LogP contribution in [0.25, 0.3) is 22.1 Å². The molecular weight excluding hydrogens is 530 g/mol. The number of benzene rings is 4. The number of methoxy groups -OCH3 is 1. The molecular formula is C35H33NO6. The van der Waals surface area contributed by atoms with E-state index >= 15 is 0 Å². The number of para-hydroxylation sites is 1. The highest BCUT2D eigenvalue weighted by atomic mass is 16.6. The number of nitrogens with zero attached hydrogens (tertiary/aromatic N) is 1. The normalized spacial score (nSPS) is 13.5. The lowest BCUT2D eigenvalue weighted by molar-refractivity contribution is 0.183. The van der Waals surface area contributed by atoms with Gasteiger partial charge in [0.25, 0.3) is 0 Å². The molecule has 0 spiro atoms. The second kappa shape index (κ2) is 12.8. The number of hydrogen-bond donors (Lipinski definition) is 0. The Hall–Kier alpha value is -4.75. The van der Waals surface area contributed by atoms with E-state index in [1.807, 2.05) is 66.7 Å². The number of likely N-dealkylation sites (tertiary alicyclic amines) is 1. The molecule has 1 aliphatic rings. The van der Waals surface area contributed by atoms with Crippen LogP contribution in [-0.4, -0.2) is 38.3 Å². The monoisotopic (exact) mass is 563 g/mol. The Labute approximate surface area is 244 Å². The van der Waals surface area contributed by atoms with Crippen molar-refractivity contribution in [2.75, 3.05) is 33.4 Å². The Bertz CT molecular complexity index is 1670. The Kier molecular flexibility index (Phi) is 8.38. The Balaban J connectivity index is 1.28. The molecule has 0 N–H and O–H groups in total. The van der Waals surface area contributed by atoms with Crippen LogP contribution in [-0.2, 0) is 0 Å². The first kappa shape index (κ1) is 27.4. The second-order valence-electron chi connectivity index (χ2n) is 10.2. The Morgan fingerprint density at radius 1 is 0.714 bits per heavy atom. The third kappa shape index (κ3) is 6.42. The van der Waals surface area contributed by atoms with Crippen molar-refractivity contribution in [2.45, 2.75) is 19.3 Å². The van der Waals surface area contributed by atoms with Crippen LogP contribution < -0.4 is 24.4 Å². The summed E-state index contributed by atoms with van der Waals surface area (Å²) >= 11 is 0. The van der Waals surface area contributed by atoms with Crippen LogP contribution in [0.5, 0.6) is 34.7 Å². The van der Waals surface area contributed by atoms with Crippen LogP contribution in [0.3, 0.4) is 0 Å². The molecule has 1 fully saturated rings. The lowest BCUT2D eigenvalue weighted by Gasteiger charge is -2.26. The minimum absolute atomic E-state index is 0.0910. The minimum atomic E-state index is -0.208. The van der Waals surface area contributed by atoms with Gasteiger partial charge in [-0.2, -0.15) is 0 Å². The first-order valence-electron chi connectivity index (χ1n) is 14.3. The molecule has 7 heteroatoms. The fourth-order valence-electron chi connectivity index (χ4n) is 5.11. The summed E-state index contributed by atoms with van der Waals surface area (Å²) in [6, 6.07) is 29.2. The molecule has 1 aromatic heterocycles. The number of fused-ring (bicyclic) bond motifs is 1. The molecule has 4 aromatic carbocycles. The van der Waals surface area contributed by atoms with Gasteiger partial charge in [-0.25, -0.2) is 0 Å². The van der Waals surface area contributed by atoms with Gasteiger partial charge in [0, 0.05) is 12.6 Å². The summed E-state index contributed by atoms with van der Waals surface area (Å²) in [4.78, 5) is 16.3. The quantitative estimate of drug-likeness (QED) is 0.171. The third-order valence-corrected chi connectivity index (χ3v) is 7.35. The molecule has 2 heterocycles. The van der Waals surface area contributed by atoms with Crippen molar-refractivity contribution in [1.82, 2.24) is 4.90 Å². The van der Waals surface area contributed by atoms with Gasteiger partial charge < -0.3 is 23.4 Å². The van der Waals surface area contributed by atoms with E-state index in [9.17, 15) is 4.79 Å². The fraction of sp³-hybridized carbons (Fsp3) is 0.229. The van der Waals surface area contributed by atoms with Gasteiger partial charge in [-0.3, -0.25) is 9.69 Å². The van der Waals surface area contributed by atoms with Crippen LogP contribution in [0.15, 0.2) is 106 Å². The SMILES string of the molecule is COc1ccc(-c2c(Oc3ccc(OCCN4CCCCC4)cc3)oc3cc(Oc4ccccc4)ccc3c2=O)cc1. The highest BCUT2D eigenvalue weighted by Crippen LogP contribution is 2.36. The van der Waals surface area contributed by atoms with E-state index in [1.165, 1.54) is 19.3 Å². The molecule has 214 valence electrons. The van der Waals surface area contributed by atoms with Crippen molar-refractivity contribution in [3.05, 3.63) is 107 Å². The average molecular weight is 564 g/mol. The number of ether oxygens (including phenoxy) is 4. The van der Waals surface area contributed by atoms with E-state index in [-0.39, 0.29) is 11.4 Å². The van der Waals surface area contributed by atoms with Crippen LogP contribution in [0.4, 0.5) is 0 Å². The van der Waals surface area contributed by atoms with Crippen molar-refractivity contribution >= 4 is 11.0 Å². The first-order chi connectivity index (χ1) is 20.7. The third-order valence-electron chi connectivity index (χ3n) is 7.35. The van der Waals surface area contributed by atoms with Gasteiger partial charge in [0.1, 0.15) is 46.5 Å². The predicted molar refractivity (Wildman–Crippen MR) is 163 cm³/mol. The molecule has 5 aromatic rings. The summed E-state index contributed by atoms with van der Waals surface area (Å²) < 4.78 is 29.7. The zero-order valence-corrected chi connectivity index (χ0v) is 23.6. The fourth-order valence-corrected chi connectivity index (χ4v) is 5.11. The number of piperidine rings is 1. The zero-order chi connectivity index (χ0) is 28.7. The lowest BCUT2D eigenvalue weighted by atomic mass is 10.0. The number of rotatable bonds is 10. The van der Waals surface area contributed by atoms with Crippen LogP contribution in [0, 0.1) is 0 Å². The van der Waals surface area contributed by atoms with Gasteiger partial charge in [0.2, 0.25) is 5.43 Å². The smallest absolute Gasteiger partial charge is 0.302 e. The average Bonchev–Trinajstić information content (AvgIpc) is 3.03. The molecule has 0 amide bonds. The van der Waals surface area contributed by atoms with Crippen molar-refractivity contribution in [1.29, 1.82) is 0 Å². The van der Waals surface area contributed by atoms with E-state index in [0.29, 0.717) is 51.7 Å². The van der Waals surface area contributed by atoms with Gasteiger partial charge in [0.15, 0.2) is 0 Å². The molecule has 42 heavy (non-hydrogen) atoms. The maximum Gasteiger partial charge on any atom is 0.302 e. The van der Waals surface area contributed by atoms with Crippen molar-refractivity contribution in [3.63, 3.8) is 0 Å². The lowest BCUT2D eigenvalue weighted by Crippen LogP contribution is -2.33. The van der Waals surface area contributed by atoms with E-state index in [0.717, 1.165) is 25.4 Å². The van der Waals surface area contributed by atoms with Crippen LogP contribution >= 0.6 is 0 Å². The van der Waals surface area contributed by atoms with Crippen molar-refractivity contribution in [3.8, 4) is 45.8 Å². The maximum atomic E-state index is 13.8. The van der Waals surface area contributed by atoms with E-state index in [1.54, 1.807) is 37.4 Å². The summed E-state index contributed by atoms with van der Waals surface area (Å²) in [6.07, 6.45) is 3.84. The molecule has 6 rings (SSSR count). The Morgan fingerprint density at radius 2 is 1.38 bits per heavy atom. The number of hydrogen-bond acceptors (Lipinski definition) is 7. The summed E-state index contributed by atoms with van der Waals surface area (Å²) in [6.45, 7) is 3.84. The van der Waals surface area contributed by atoms with Gasteiger partial charge in [-0.1, -0.05) is 36.8 Å². The summed E-state index contributed by atoms with van der Waals surface area (Å²) in [5, 5.41) is 0.422. The molecule has 0 radical (unpaired) electrons.